The van der Waals surface area contributed by atoms with Crippen LogP contribution in [-0.2, 0) is 16.1 Å². The molecule has 2 aromatic carbocycles. The quantitative estimate of drug-likeness (QED) is 0.259. The molecule has 3 rings (SSSR count). The minimum absolute atomic E-state index is 0.0800. The Balaban J connectivity index is 1.80. The van der Waals surface area contributed by atoms with Crippen LogP contribution in [0.3, 0.4) is 0 Å². The number of hydrogen-bond acceptors (Lipinski definition) is 7. The molecule has 36 heavy (non-hydrogen) atoms. The van der Waals surface area contributed by atoms with E-state index in [0.717, 1.165) is 24.3 Å². The average molecular weight is 505 g/mol. The monoisotopic (exact) mass is 505 g/mol. The molecule has 1 aliphatic heterocycles. The van der Waals surface area contributed by atoms with E-state index in [-0.39, 0.29) is 28.7 Å². The minimum atomic E-state index is -1.08. The largest absolute Gasteiger partial charge is 0.496 e. The second-order valence-corrected chi connectivity index (χ2v) is 8.00. The second-order valence-electron chi connectivity index (χ2n) is 8.00. The Morgan fingerprint density at radius 2 is 1.75 bits per heavy atom. The van der Waals surface area contributed by atoms with Crippen LogP contribution in [0.4, 0.5) is 13.2 Å². The predicted octanol–water partition coefficient (Wildman–Crippen LogP) is 1.83. The Morgan fingerprint density at radius 1 is 1.11 bits per heavy atom. The van der Waals surface area contributed by atoms with Gasteiger partial charge in [0.05, 0.1) is 18.4 Å². The fourth-order valence-corrected chi connectivity index (χ4v) is 3.71. The summed E-state index contributed by atoms with van der Waals surface area (Å²) in [6.07, 6.45) is 1.23. The molecule has 0 unspecified atom stereocenters. The maximum atomic E-state index is 14.8. The molecule has 192 valence electrons. The molecule has 7 N–H and O–H groups in total. The number of ether oxygens (including phenoxy) is 2. The van der Waals surface area contributed by atoms with E-state index in [0.29, 0.717) is 26.1 Å². The molecular formula is C24H26F3N5O4. The number of nitrogens with one attached hydrogen (secondary N) is 3. The highest BCUT2D eigenvalue weighted by Gasteiger charge is 2.24. The van der Waals surface area contributed by atoms with Crippen LogP contribution in [0.15, 0.2) is 41.7 Å². The van der Waals surface area contributed by atoms with Gasteiger partial charge in [0.25, 0.3) is 11.8 Å². The molecule has 9 nitrogen and oxygen atoms in total. The standard InChI is InChI=1S/C24H26F3N5O4/c1-35-19-3-2-13(25)10-15(19)24(34)31-11-16-17(26)8-12(9-18(16)27)21(28)20(23(30)33)22(29)32-14-4-6-36-7-5-14/h2-3,8-10,14,28,32H,4-7,11,29H2,1H3,(H2,30,33)(H,31,34)/b22-20+,28-21?. The number of halogens is 3. The zero-order chi connectivity index (χ0) is 26.4. The van der Waals surface area contributed by atoms with Crippen molar-refractivity contribution in [1.29, 1.82) is 5.41 Å². The van der Waals surface area contributed by atoms with E-state index in [2.05, 4.69) is 10.6 Å². The van der Waals surface area contributed by atoms with Gasteiger partial charge in [0, 0.05) is 36.9 Å². The van der Waals surface area contributed by atoms with E-state index >= 15 is 0 Å². The smallest absolute Gasteiger partial charge is 0.255 e. The first-order chi connectivity index (χ1) is 17.1. The Bertz CT molecular complexity index is 1190. The summed E-state index contributed by atoms with van der Waals surface area (Å²) in [6.45, 7) is 0.416. The van der Waals surface area contributed by atoms with Crippen LogP contribution in [0.25, 0.3) is 0 Å². The summed E-state index contributed by atoms with van der Waals surface area (Å²) in [5.74, 6) is -4.81. The lowest BCUT2D eigenvalue weighted by Gasteiger charge is -2.25. The van der Waals surface area contributed by atoms with Crippen LogP contribution >= 0.6 is 0 Å². The summed E-state index contributed by atoms with van der Waals surface area (Å²) in [7, 11) is 1.29. The van der Waals surface area contributed by atoms with Crippen LogP contribution in [0.2, 0.25) is 0 Å². The van der Waals surface area contributed by atoms with Gasteiger partial charge in [-0.15, -0.1) is 0 Å². The normalized spacial score (nSPS) is 14.6. The molecule has 0 radical (unpaired) electrons. The van der Waals surface area contributed by atoms with Crippen LogP contribution in [-0.4, -0.2) is 43.9 Å². The highest BCUT2D eigenvalue weighted by atomic mass is 19.1. The van der Waals surface area contributed by atoms with Gasteiger partial charge in [-0.05, 0) is 43.2 Å². The lowest BCUT2D eigenvalue weighted by Crippen LogP contribution is -2.40. The van der Waals surface area contributed by atoms with Crippen molar-refractivity contribution in [2.45, 2.75) is 25.4 Å². The molecule has 1 saturated heterocycles. The van der Waals surface area contributed by atoms with E-state index < -0.39 is 52.7 Å². The number of benzene rings is 2. The molecule has 0 bridgehead atoms. The first kappa shape index (κ1) is 26.5. The molecule has 1 fully saturated rings. The SMILES string of the molecule is COc1ccc(F)cc1C(=O)NCc1c(F)cc(C(=N)/C(C(N)=O)=C(/N)NC2CCOCC2)cc1F. The van der Waals surface area contributed by atoms with E-state index in [1.807, 2.05) is 0 Å². The molecular weight excluding hydrogens is 479 g/mol. The number of primary amides is 1. The summed E-state index contributed by atoms with van der Waals surface area (Å²) in [5.41, 5.74) is 9.45. The van der Waals surface area contributed by atoms with Crippen molar-refractivity contribution in [3.63, 3.8) is 0 Å². The Morgan fingerprint density at radius 3 is 2.33 bits per heavy atom. The average Bonchev–Trinajstić information content (AvgIpc) is 2.83. The number of amides is 2. The summed E-state index contributed by atoms with van der Waals surface area (Å²) in [5, 5.41) is 13.5. The van der Waals surface area contributed by atoms with Gasteiger partial charge in [-0.25, -0.2) is 13.2 Å². The Labute approximate surface area is 205 Å². The molecule has 0 aliphatic carbocycles. The lowest BCUT2D eigenvalue weighted by atomic mass is 9.99. The van der Waals surface area contributed by atoms with E-state index in [9.17, 15) is 22.8 Å². The summed E-state index contributed by atoms with van der Waals surface area (Å²) in [4.78, 5) is 24.5. The third-order valence-corrected chi connectivity index (χ3v) is 5.61. The molecule has 1 heterocycles. The number of carbonyl (C=O) groups excluding carboxylic acids is 2. The van der Waals surface area contributed by atoms with Crippen LogP contribution < -0.4 is 26.8 Å². The minimum Gasteiger partial charge on any atom is -0.496 e. The van der Waals surface area contributed by atoms with Crippen molar-refractivity contribution in [3.8, 4) is 5.75 Å². The maximum absolute atomic E-state index is 14.8. The topological polar surface area (TPSA) is 153 Å². The maximum Gasteiger partial charge on any atom is 0.255 e. The summed E-state index contributed by atoms with van der Waals surface area (Å²) < 4.78 is 53.4. The highest BCUT2D eigenvalue weighted by Crippen LogP contribution is 2.21. The van der Waals surface area contributed by atoms with Gasteiger partial charge in [-0.3, -0.25) is 15.0 Å². The Hall–Kier alpha value is -4.06. The number of nitrogens with two attached hydrogens (primary N) is 2. The summed E-state index contributed by atoms with van der Waals surface area (Å²) in [6, 6.07) is 4.83. The van der Waals surface area contributed by atoms with Gasteiger partial charge in [0.1, 0.15) is 34.6 Å². The Kier molecular flexibility index (Phi) is 8.54. The zero-order valence-corrected chi connectivity index (χ0v) is 19.4. The first-order valence-corrected chi connectivity index (χ1v) is 10.9. The molecule has 0 aromatic heterocycles. The third kappa shape index (κ3) is 6.13. The van der Waals surface area contributed by atoms with Crippen molar-refractivity contribution in [3.05, 3.63) is 75.9 Å². The molecule has 0 spiro atoms. The van der Waals surface area contributed by atoms with Gasteiger partial charge < -0.3 is 31.6 Å². The van der Waals surface area contributed by atoms with E-state index in [1.54, 1.807) is 0 Å². The van der Waals surface area contributed by atoms with Crippen LogP contribution in [0.1, 0.15) is 34.3 Å². The van der Waals surface area contributed by atoms with Crippen molar-refractivity contribution in [2.24, 2.45) is 11.5 Å². The fourth-order valence-electron chi connectivity index (χ4n) is 3.71. The van der Waals surface area contributed by atoms with E-state index in [1.165, 1.54) is 13.2 Å². The van der Waals surface area contributed by atoms with Gasteiger partial charge >= 0.3 is 0 Å². The van der Waals surface area contributed by atoms with Gasteiger partial charge in [0.15, 0.2) is 0 Å². The van der Waals surface area contributed by atoms with Gasteiger partial charge in [-0.2, -0.15) is 0 Å². The number of rotatable bonds is 9. The van der Waals surface area contributed by atoms with Crippen molar-refractivity contribution in [2.75, 3.05) is 20.3 Å². The van der Waals surface area contributed by atoms with Crippen LogP contribution in [0, 0.1) is 22.9 Å². The van der Waals surface area contributed by atoms with Crippen molar-refractivity contribution >= 4 is 17.5 Å². The fraction of sp³-hybridized carbons (Fsp3) is 0.292. The predicted molar refractivity (Wildman–Crippen MR) is 125 cm³/mol. The lowest BCUT2D eigenvalue weighted by molar-refractivity contribution is -0.114. The zero-order valence-electron chi connectivity index (χ0n) is 19.4. The molecule has 2 amide bonds. The summed E-state index contributed by atoms with van der Waals surface area (Å²) >= 11 is 0. The molecule has 0 saturated carbocycles. The molecule has 1 aliphatic rings. The van der Waals surface area contributed by atoms with Gasteiger partial charge in [0.2, 0.25) is 0 Å². The molecule has 12 heteroatoms. The third-order valence-electron chi connectivity index (χ3n) is 5.61. The van der Waals surface area contributed by atoms with Crippen molar-refractivity contribution < 1.29 is 32.2 Å². The van der Waals surface area contributed by atoms with Crippen LogP contribution in [0.5, 0.6) is 5.75 Å². The highest BCUT2D eigenvalue weighted by molar-refractivity contribution is 6.26. The van der Waals surface area contributed by atoms with Gasteiger partial charge in [-0.1, -0.05) is 0 Å². The number of carbonyl (C=O) groups is 2. The number of methoxy groups -OCH3 is 1. The van der Waals surface area contributed by atoms with E-state index in [4.69, 9.17) is 26.4 Å². The molecule has 2 aromatic rings. The second kappa shape index (κ2) is 11.6. The molecule has 0 atom stereocenters. The van der Waals surface area contributed by atoms with Crippen molar-refractivity contribution in [1.82, 2.24) is 10.6 Å². The first-order valence-electron chi connectivity index (χ1n) is 10.9. The number of hydrogen-bond donors (Lipinski definition) is 5.